The van der Waals surface area contributed by atoms with Crippen molar-refractivity contribution in [2.75, 3.05) is 18.4 Å². The van der Waals surface area contributed by atoms with Crippen LogP contribution in [0.4, 0.5) is 0 Å². The van der Waals surface area contributed by atoms with Gasteiger partial charge < -0.3 is 4.90 Å². The normalized spacial score (nSPS) is 23.5. The zero-order chi connectivity index (χ0) is 8.10. The molecule has 0 amide bonds. The zero-order valence-corrected chi connectivity index (χ0v) is 8.94. The van der Waals surface area contributed by atoms with Crippen molar-refractivity contribution in [1.29, 1.82) is 0 Å². The van der Waals surface area contributed by atoms with E-state index in [1.807, 2.05) is 0 Å². The summed E-state index contributed by atoms with van der Waals surface area (Å²) in [6.07, 6.45) is 5.55. The smallest absolute Gasteiger partial charge is 0.00748 e. The summed E-state index contributed by atoms with van der Waals surface area (Å²) in [5.41, 5.74) is 0. The van der Waals surface area contributed by atoms with Gasteiger partial charge in [0.05, 0.1) is 0 Å². The first-order valence-electron chi connectivity index (χ1n) is 4.64. The highest BCUT2D eigenvalue weighted by Gasteiger charge is 2.15. The van der Waals surface area contributed by atoms with Gasteiger partial charge in [-0.25, -0.2) is 0 Å². The third-order valence-electron chi connectivity index (χ3n) is 2.54. The third-order valence-corrected chi connectivity index (χ3v) is 3.00. The predicted octanol–water partition coefficient (Wildman–Crippen LogP) is 2.65. The molecule has 0 aliphatic carbocycles. The lowest BCUT2D eigenvalue weighted by molar-refractivity contribution is 0.171. The summed E-state index contributed by atoms with van der Waals surface area (Å²) < 4.78 is 0. The standard InChI is InChI=1S/C9H18BrN/c1-9(5-6-10)11-7-3-2-4-8-11/h9H,2-8H2,1H3. The highest BCUT2D eigenvalue weighted by atomic mass is 79.9. The summed E-state index contributed by atoms with van der Waals surface area (Å²) in [7, 11) is 0. The van der Waals surface area contributed by atoms with Crippen LogP contribution in [0.1, 0.15) is 32.6 Å². The van der Waals surface area contributed by atoms with Crippen molar-refractivity contribution in [2.45, 2.75) is 38.6 Å². The lowest BCUT2D eigenvalue weighted by atomic mass is 10.1. The molecule has 1 atom stereocenters. The number of nitrogens with zero attached hydrogens (tertiary/aromatic N) is 1. The molecule has 1 rings (SSSR count). The van der Waals surface area contributed by atoms with Gasteiger partial charge in [-0.3, -0.25) is 0 Å². The van der Waals surface area contributed by atoms with E-state index < -0.39 is 0 Å². The average molecular weight is 220 g/mol. The molecule has 0 aromatic heterocycles. The van der Waals surface area contributed by atoms with E-state index in [0.717, 1.165) is 11.4 Å². The maximum Gasteiger partial charge on any atom is 0.00748 e. The Morgan fingerprint density at radius 1 is 1.27 bits per heavy atom. The molecule has 0 aromatic carbocycles. The highest BCUT2D eigenvalue weighted by molar-refractivity contribution is 9.09. The first-order valence-corrected chi connectivity index (χ1v) is 5.76. The van der Waals surface area contributed by atoms with Gasteiger partial charge in [0.25, 0.3) is 0 Å². The first-order chi connectivity index (χ1) is 5.34. The second kappa shape index (κ2) is 5.15. The largest absolute Gasteiger partial charge is 0.301 e. The molecule has 0 bridgehead atoms. The van der Waals surface area contributed by atoms with Gasteiger partial charge >= 0.3 is 0 Å². The molecule has 0 spiro atoms. The van der Waals surface area contributed by atoms with Crippen molar-refractivity contribution in [1.82, 2.24) is 4.90 Å². The van der Waals surface area contributed by atoms with Crippen LogP contribution < -0.4 is 0 Å². The quantitative estimate of drug-likeness (QED) is 0.661. The number of alkyl halides is 1. The molecule has 0 N–H and O–H groups in total. The van der Waals surface area contributed by atoms with E-state index in [1.165, 1.54) is 38.8 Å². The predicted molar refractivity (Wildman–Crippen MR) is 53.3 cm³/mol. The van der Waals surface area contributed by atoms with Crippen LogP contribution >= 0.6 is 15.9 Å². The van der Waals surface area contributed by atoms with Crippen molar-refractivity contribution in [3.8, 4) is 0 Å². The number of piperidine rings is 1. The zero-order valence-electron chi connectivity index (χ0n) is 7.35. The lowest BCUT2D eigenvalue weighted by Gasteiger charge is -2.31. The Morgan fingerprint density at radius 3 is 2.45 bits per heavy atom. The van der Waals surface area contributed by atoms with Crippen LogP contribution in [0, 0.1) is 0 Å². The maximum absolute atomic E-state index is 3.49. The first kappa shape index (κ1) is 9.53. The molecule has 2 heteroatoms. The minimum atomic E-state index is 0.787. The minimum Gasteiger partial charge on any atom is -0.301 e. The van der Waals surface area contributed by atoms with Crippen LogP contribution in [0.25, 0.3) is 0 Å². The Balaban J connectivity index is 2.21. The summed E-state index contributed by atoms with van der Waals surface area (Å²) in [6.45, 7) is 4.99. The van der Waals surface area contributed by atoms with E-state index in [0.29, 0.717) is 0 Å². The van der Waals surface area contributed by atoms with Gasteiger partial charge in [-0.2, -0.15) is 0 Å². The Kier molecular flexibility index (Phi) is 4.46. The van der Waals surface area contributed by atoms with E-state index >= 15 is 0 Å². The molecule has 1 unspecified atom stereocenters. The lowest BCUT2D eigenvalue weighted by Crippen LogP contribution is -2.37. The molecule has 11 heavy (non-hydrogen) atoms. The number of halogens is 1. The molecule has 66 valence electrons. The molecule has 1 nitrogen and oxygen atoms in total. The molecule has 1 aliphatic rings. The van der Waals surface area contributed by atoms with Crippen LogP contribution in [0.5, 0.6) is 0 Å². The SMILES string of the molecule is CC(CCBr)N1CCCCC1. The molecule has 1 aliphatic heterocycles. The van der Waals surface area contributed by atoms with Crippen molar-refractivity contribution < 1.29 is 0 Å². The van der Waals surface area contributed by atoms with E-state index in [9.17, 15) is 0 Å². The molecule has 1 saturated heterocycles. The van der Waals surface area contributed by atoms with Gasteiger partial charge in [-0.15, -0.1) is 0 Å². The minimum absolute atomic E-state index is 0.787. The van der Waals surface area contributed by atoms with E-state index in [1.54, 1.807) is 0 Å². The van der Waals surface area contributed by atoms with Gasteiger partial charge in [-0.1, -0.05) is 22.4 Å². The molecule has 1 heterocycles. The van der Waals surface area contributed by atoms with Gasteiger partial charge in [0, 0.05) is 11.4 Å². The van der Waals surface area contributed by atoms with Gasteiger partial charge in [0.15, 0.2) is 0 Å². The molecule has 1 fully saturated rings. The van der Waals surface area contributed by atoms with Crippen LogP contribution in [-0.4, -0.2) is 29.4 Å². The summed E-state index contributed by atoms with van der Waals surface area (Å²) in [6, 6.07) is 0.787. The number of likely N-dealkylation sites (tertiary alicyclic amines) is 1. The third kappa shape index (κ3) is 3.12. The highest BCUT2D eigenvalue weighted by Crippen LogP contribution is 2.14. The summed E-state index contributed by atoms with van der Waals surface area (Å²) >= 11 is 3.49. The summed E-state index contributed by atoms with van der Waals surface area (Å²) in [5.74, 6) is 0. The van der Waals surface area contributed by atoms with E-state index in [2.05, 4.69) is 27.8 Å². The summed E-state index contributed by atoms with van der Waals surface area (Å²) in [4.78, 5) is 2.62. The second-order valence-corrected chi connectivity index (χ2v) is 4.22. The van der Waals surface area contributed by atoms with Crippen LogP contribution in [0.15, 0.2) is 0 Å². The molecular weight excluding hydrogens is 202 g/mol. The van der Waals surface area contributed by atoms with E-state index in [-0.39, 0.29) is 0 Å². The van der Waals surface area contributed by atoms with Gasteiger partial charge in [-0.05, 0) is 39.3 Å². The summed E-state index contributed by atoms with van der Waals surface area (Å²) in [5, 5.41) is 1.14. The Bertz CT molecular complexity index is 99.7. The average Bonchev–Trinajstić information content (AvgIpc) is 2.07. The molecule has 0 radical (unpaired) electrons. The van der Waals surface area contributed by atoms with Gasteiger partial charge in [0.2, 0.25) is 0 Å². The van der Waals surface area contributed by atoms with Crippen molar-refractivity contribution in [3.05, 3.63) is 0 Å². The van der Waals surface area contributed by atoms with Crippen LogP contribution in [0.3, 0.4) is 0 Å². The maximum atomic E-state index is 3.49. The number of rotatable bonds is 3. The fourth-order valence-electron chi connectivity index (χ4n) is 1.70. The molecule has 0 aromatic rings. The van der Waals surface area contributed by atoms with Crippen molar-refractivity contribution in [2.24, 2.45) is 0 Å². The second-order valence-electron chi connectivity index (χ2n) is 3.42. The molecule has 0 saturated carbocycles. The number of hydrogen-bond donors (Lipinski definition) is 0. The van der Waals surface area contributed by atoms with Crippen LogP contribution in [-0.2, 0) is 0 Å². The Labute approximate surface area is 78.3 Å². The van der Waals surface area contributed by atoms with Crippen molar-refractivity contribution >= 4 is 15.9 Å². The fourth-order valence-corrected chi connectivity index (χ4v) is 2.36. The fraction of sp³-hybridized carbons (Fsp3) is 1.00. The van der Waals surface area contributed by atoms with Crippen LogP contribution in [0.2, 0.25) is 0 Å². The topological polar surface area (TPSA) is 3.24 Å². The van der Waals surface area contributed by atoms with E-state index in [4.69, 9.17) is 0 Å². The molecular formula is C9H18BrN. The Hall–Kier alpha value is 0.440. The Morgan fingerprint density at radius 2 is 1.91 bits per heavy atom. The van der Waals surface area contributed by atoms with Crippen molar-refractivity contribution in [3.63, 3.8) is 0 Å². The number of hydrogen-bond acceptors (Lipinski definition) is 1. The van der Waals surface area contributed by atoms with Gasteiger partial charge in [0.1, 0.15) is 0 Å². The monoisotopic (exact) mass is 219 g/mol.